The van der Waals surface area contributed by atoms with E-state index in [1.807, 2.05) is 0 Å². The molecule has 0 radical (unpaired) electrons. The first kappa shape index (κ1) is 12.9. The van der Waals surface area contributed by atoms with E-state index in [4.69, 9.17) is 9.84 Å². The lowest BCUT2D eigenvalue weighted by Crippen LogP contribution is -2.37. The zero-order chi connectivity index (χ0) is 10.9. The van der Waals surface area contributed by atoms with Crippen LogP contribution in [0.5, 0.6) is 0 Å². The van der Waals surface area contributed by atoms with Gasteiger partial charge in [-0.1, -0.05) is 32.1 Å². The van der Waals surface area contributed by atoms with Crippen LogP contribution in [0.3, 0.4) is 0 Å². The Kier molecular flexibility index (Phi) is 6.98. The van der Waals surface area contributed by atoms with Crippen LogP contribution in [-0.4, -0.2) is 38.0 Å². The van der Waals surface area contributed by atoms with Crippen molar-refractivity contribution in [3.8, 4) is 0 Å². The summed E-state index contributed by atoms with van der Waals surface area (Å²) in [5, 5.41) is 12.4. The average molecular weight is 215 g/mol. The molecule has 1 atom stereocenters. The topological polar surface area (TPSA) is 41.5 Å². The average Bonchev–Trinajstić information content (AvgIpc) is 2.29. The van der Waals surface area contributed by atoms with Gasteiger partial charge in [0.1, 0.15) is 0 Å². The molecule has 1 saturated carbocycles. The van der Waals surface area contributed by atoms with Gasteiger partial charge in [-0.15, -0.1) is 0 Å². The summed E-state index contributed by atoms with van der Waals surface area (Å²) in [5.74, 6) is 0.910. The highest BCUT2D eigenvalue weighted by molar-refractivity contribution is 4.69. The number of methoxy groups -OCH3 is 1. The Bertz CT molecular complexity index is 142. The minimum absolute atomic E-state index is 0.110. The molecule has 15 heavy (non-hydrogen) atoms. The van der Waals surface area contributed by atoms with E-state index in [1.54, 1.807) is 7.11 Å². The molecule has 0 bridgehead atoms. The number of nitrogens with one attached hydrogen (secondary N) is 1. The van der Waals surface area contributed by atoms with Crippen LogP contribution in [0.25, 0.3) is 0 Å². The summed E-state index contributed by atoms with van der Waals surface area (Å²) in [6.45, 7) is 1.78. The Morgan fingerprint density at radius 1 is 1.33 bits per heavy atom. The van der Waals surface area contributed by atoms with E-state index in [1.165, 1.54) is 38.5 Å². The first-order valence-electron chi connectivity index (χ1n) is 6.20. The van der Waals surface area contributed by atoms with Crippen molar-refractivity contribution in [3.63, 3.8) is 0 Å². The monoisotopic (exact) mass is 215 g/mol. The third-order valence-electron chi connectivity index (χ3n) is 3.30. The van der Waals surface area contributed by atoms with Crippen molar-refractivity contribution in [1.29, 1.82) is 0 Å². The highest BCUT2D eigenvalue weighted by Gasteiger charge is 2.13. The van der Waals surface area contributed by atoms with Crippen molar-refractivity contribution < 1.29 is 9.84 Å². The highest BCUT2D eigenvalue weighted by Crippen LogP contribution is 2.25. The molecule has 0 amide bonds. The molecule has 1 aliphatic rings. The maximum Gasteiger partial charge on any atom is 0.0638 e. The van der Waals surface area contributed by atoms with Gasteiger partial charge in [0.15, 0.2) is 0 Å². The second kappa shape index (κ2) is 8.08. The summed E-state index contributed by atoms with van der Waals surface area (Å²) in [4.78, 5) is 0. The fraction of sp³-hybridized carbons (Fsp3) is 1.00. The van der Waals surface area contributed by atoms with Crippen molar-refractivity contribution in [2.45, 2.75) is 44.6 Å². The zero-order valence-electron chi connectivity index (χ0n) is 9.87. The summed E-state index contributed by atoms with van der Waals surface area (Å²) in [5.41, 5.74) is 0. The highest BCUT2D eigenvalue weighted by atomic mass is 16.5. The maximum atomic E-state index is 9.05. The number of aliphatic hydroxyl groups excluding tert-OH is 1. The number of hydrogen-bond acceptors (Lipinski definition) is 3. The van der Waals surface area contributed by atoms with Crippen LogP contribution in [0.2, 0.25) is 0 Å². The minimum Gasteiger partial charge on any atom is -0.395 e. The van der Waals surface area contributed by atoms with E-state index in [2.05, 4.69) is 5.32 Å². The molecule has 1 fully saturated rings. The molecule has 0 spiro atoms. The lowest BCUT2D eigenvalue weighted by atomic mass is 9.87. The quantitative estimate of drug-likeness (QED) is 0.677. The zero-order valence-corrected chi connectivity index (χ0v) is 9.87. The van der Waals surface area contributed by atoms with E-state index >= 15 is 0 Å². The van der Waals surface area contributed by atoms with Crippen LogP contribution in [0, 0.1) is 5.92 Å². The SMILES string of the molecule is COCC(CO)NCCC1CCCCC1. The lowest BCUT2D eigenvalue weighted by Gasteiger charge is -2.23. The van der Waals surface area contributed by atoms with Gasteiger partial charge in [0, 0.05) is 7.11 Å². The van der Waals surface area contributed by atoms with E-state index in [0.29, 0.717) is 6.61 Å². The molecule has 0 heterocycles. The van der Waals surface area contributed by atoms with Gasteiger partial charge in [0.2, 0.25) is 0 Å². The predicted octanol–water partition coefficient (Wildman–Crippen LogP) is 1.55. The third kappa shape index (κ3) is 5.50. The Labute approximate surface area is 93.2 Å². The van der Waals surface area contributed by atoms with E-state index in [0.717, 1.165) is 12.5 Å². The van der Waals surface area contributed by atoms with Crippen molar-refractivity contribution in [2.75, 3.05) is 26.9 Å². The third-order valence-corrected chi connectivity index (χ3v) is 3.30. The van der Waals surface area contributed by atoms with Gasteiger partial charge >= 0.3 is 0 Å². The summed E-state index contributed by atoms with van der Waals surface area (Å²) in [6.07, 6.45) is 8.29. The Morgan fingerprint density at radius 3 is 2.67 bits per heavy atom. The molecule has 0 aliphatic heterocycles. The van der Waals surface area contributed by atoms with E-state index in [9.17, 15) is 0 Å². The van der Waals surface area contributed by atoms with Gasteiger partial charge in [-0.05, 0) is 18.9 Å². The molecule has 2 N–H and O–H groups in total. The fourth-order valence-electron chi connectivity index (χ4n) is 2.34. The summed E-state index contributed by atoms with van der Waals surface area (Å²) < 4.78 is 5.01. The summed E-state index contributed by atoms with van der Waals surface area (Å²) in [6, 6.07) is 0.110. The molecule has 0 aromatic rings. The normalized spacial score (nSPS) is 20.4. The Morgan fingerprint density at radius 2 is 2.07 bits per heavy atom. The molecule has 1 unspecified atom stereocenters. The molecular formula is C12H25NO2. The van der Waals surface area contributed by atoms with Crippen molar-refractivity contribution in [3.05, 3.63) is 0 Å². The van der Waals surface area contributed by atoms with Gasteiger partial charge in [-0.3, -0.25) is 0 Å². The predicted molar refractivity (Wildman–Crippen MR) is 61.9 cm³/mol. The Hall–Kier alpha value is -0.120. The first-order valence-corrected chi connectivity index (χ1v) is 6.20. The minimum atomic E-state index is 0.110. The molecule has 1 aliphatic carbocycles. The van der Waals surface area contributed by atoms with Crippen LogP contribution in [0.1, 0.15) is 38.5 Å². The van der Waals surface area contributed by atoms with Crippen molar-refractivity contribution >= 4 is 0 Å². The number of ether oxygens (including phenoxy) is 1. The second-order valence-electron chi connectivity index (χ2n) is 4.58. The number of rotatable bonds is 7. The number of hydrogen-bond donors (Lipinski definition) is 2. The largest absolute Gasteiger partial charge is 0.395 e. The molecule has 90 valence electrons. The van der Waals surface area contributed by atoms with Gasteiger partial charge in [0.25, 0.3) is 0 Å². The van der Waals surface area contributed by atoms with Crippen LogP contribution in [0.4, 0.5) is 0 Å². The smallest absolute Gasteiger partial charge is 0.0638 e. The molecular weight excluding hydrogens is 190 g/mol. The molecule has 1 rings (SSSR count). The van der Waals surface area contributed by atoms with Crippen LogP contribution in [-0.2, 0) is 4.74 Å². The molecule has 0 saturated heterocycles. The number of aliphatic hydroxyl groups is 1. The second-order valence-corrected chi connectivity index (χ2v) is 4.58. The van der Waals surface area contributed by atoms with Gasteiger partial charge in [-0.2, -0.15) is 0 Å². The van der Waals surface area contributed by atoms with Crippen LogP contribution >= 0.6 is 0 Å². The van der Waals surface area contributed by atoms with Crippen LogP contribution in [0.15, 0.2) is 0 Å². The van der Waals surface area contributed by atoms with Crippen molar-refractivity contribution in [2.24, 2.45) is 5.92 Å². The first-order chi connectivity index (χ1) is 7.36. The van der Waals surface area contributed by atoms with E-state index < -0.39 is 0 Å². The van der Waals surface area contributed by atoms with E-state index in [-0.39, 0.29) is 12.6 Å². The molecule has 0 aromatic carbocycles. The lowest BCUT2D eigenvalue weighted by molar-refractivity contribution is 0.127. The standard InChI is InChI=1S/C12H25NO2/c1-15-10-12(9-14)13-8-7-11-5-3-2-4-6-11/h11-14H,2-10H2,1H3. The van der Waals surface area contributed by atoms with Crippen molar-refractivity contribution in [1.82, 2.24) is 5.32 Å². The Balaban J connectivity index is 2.03. The molecule has 3 nitrogen and oxygen atoms in total. The summed E-state index contributed by atoms with van der Waals surface area (Å²) in [7, 11) is 1.67. The fourth-order valence-corrected chi connectivity index (χ4v) is 2.34. The summed E-state index contributed by atoms with van der Waals surface area (Å²) >= 11 is 0. The molecule has 0 aromatic heterocycles. The van der Waals surface area contributed by atoms with Gasteiger partial charge in [-0.25, -0.2) is 0 Å². The van der Waals surface area contributed by atoms with Crippen LogP contribution < -0.4 is 5.32 Å². The maximum absolute atomic E-state index is 9.05. The van der Waals surface area contributed by atoms with Gasteiger partial charge in [0.05, 0.1) is 19.3 Å². The van der Waals surface area contributed by atoms with Gasteiger partial charge < -0.3 is 15.2 Å². The molecule has 3 heteroatoms.